The van der Waals surface area contributed by atoms with Crippen LogP contribution < -0.4 is 0 Å². The Morgan fingerprint density at radius 1 is 1.24 bits per heavy atom. The molecule has 1 aliphatic carbocycles. The second-order valence-electron chi connectivity index (χ2n) is 6.05. The summed E-state index contributed by atoms with van der Waals surface area (Å²) >= 11 is 0. The van der Waals surface area contributed by atoms with Crippen molar-refractivity contribution in [3.8, 4) is 16.9 Å². The lowest BCUT2D eigenvalue weighted by molar-refractivity contribution is 0.0646. The van der Waals surface area contributed by atoms with Gasteiger partial charge in [-0.25, -0.2) is 9.07 Å². The number of para-hydroxylation sites is 1. The summed E-state index contributed by atoms with van der Waals surface area (Å²) in [6.07, 6.45) is 0.138. The molecule has 1 aliphatic rings. The van der Waals surface area contributed by atoms with Gasteiger partial charge in [-0.15, -0.1) is 5.10 Å². The van der Waals surface area contributed by atoms with E-state index in [1.807, 2.05) is 19.1 Å². The first-order valence-corrected chi connectivity index (χ1v) is 7.97. The first kappa shape index (κ1) is 15.7. The molecule has 4 rings (SSSR count). The number of benzene rings is 2. The van der Waals surface area contributed by atoms with Gasteiger partial charge >= 0.3 is 0 Å². The fourth-order valence-corrected chi connectivity index (χ4v) is 3.25. The Hall–Kier alpha value is -2.86. The summed E-state index contributed by atoms with van der Waals surface area (Å²) in [7, 11) is 1.54. The first-order chi connectivity index (χ1) is 12.1. The van der Waals surface area contributed by atoms with Crippen LogP contribution in [0.5, 0.6) is 0 Å². The van der Waals surface area contributed by atoms with Gasteiger partial charge in [-0.3, -0.25) is 4.79 Å². The summed E-state index contributed by atoms with van der Waals surface area (Å²) in [6, 6.07) is 12.0. The van der Waals surface area contributed by atoms with E-state index in [4.69, 9.17) is 4.74 Å². The van der Waals surface area contributed by atoms with E-state index in [0.717, 1.165) is 16.8 Å². The van der Waals surface area contributed by atoms with Crippen molar-refractivity contribution in [2.24, 2.45) is 0 Å². The summed E-state index contributed by atoms with van der Waals surface area (Å²) < 4.78 is 20.7. The highest BCUT2D eigenvalue weighted by Gasteiger charge is 2.30. The van der Waals surface area contributed by atoms with Crippen molar-refractivity contribution < 1.29 is 13.9 Å². The lowest BCUT2D eigenvalue weighted by atomic mass is 10.0. The maximum Gasteiger partial charge on any atom is 0.192 e. The number of carbonyl (C=O) groups excluding carboxylic acids is 1. The lowest BCUT2D eigenvalue weighted by Gasteiger charge is -2.06. The summed E-state index contributed by atoms with van der Waals surface area (Å²) in [5, 5.41) is 8.32. The number of rotatable bonds is 3. The van der Waals surface area contributed by atoms with Crippen molar-refractivity contribution in [2.75, 3.05) is 7.11 Å². The number of ketones is 1. The Morgan fingerprint density at radius 2 is 2.04 bits per heavy atom. The van der Waals surface area contributed by atoms with Crippen molar-refractivity contribution in [1.29, 1.82) is 0 Å². The van der Waals surface area contributed by atoms with Crippen LogP contribution in [0, 0.1) is 12.7 Å². The van der Waals surface area contributed by atoms with Crippen molar-refractivity contribution in [1.82, 2.24) is 15.0 Å². The lowest BCUT2D eigenvalue weighted by Crippen LogP contribution is -2.17. The van der Waals surface area contributed by atoms with E-state index in [2.05, 4.69) is 10.3 Å². The van der Waals surface area contributed by atoms with Crippen molar-refractivity contribution >= 4 is 5.78 Å². The molecular weight excluding hydrogens is 321 g/mol. The van der Waals surface area contributed by atoms with Gasteiger partial charge in [0, 0.05) is 24.7 Å². The highest BCUT2D eigenvalue weighted by Crippen LogP contribution is 2.30. The van der Waals surface area contributed by atoms with Crippen LogP contribution >= 0.6 is 0 Å². The Balaban J connectivity index is 1.76. The number of halogens is 1. The van der Waals surface area contributed by atoms with Crippen LogP contribution in [-0.4, -0.2) is 34.0 Å². The van der Waals surface area contributed by atoms with E-state index < -0.39 is 6.10 Å². The number of fused-ring (bicyclic) bond motifs is 1. The second-order valence-corrected chi connectivity index (χ2v) is 6.05. The SMILES string of the molecule is COC1Cc2cc(-c3nnn(-c4ccccc4F)c3C)ccc2C1=O. The molecule has 25 heavy (non-hydrogen) atoms. The number of ether oxygens (including phenoxy) is 1. The Morgan fingerprint density at radius 3 is 2.80 bits per heavy atom. The van der Waals surface area contributed by atoms with E-state index >= 15 is 0 Å². The Kier molecular flexibility index (Phi) is 3.69. The number of aromatic nitrogens is 3. The predicted molar refractivity (Wildman–Crippen MR) is 90.3 cm³/mol. The largest absolute Gasteiger partial charge is 0.373 e. The average Bonchev–Trinajstić information content (AvgIpc) is 3.15. The zero-order valence-electron chi connectivity index (χ0n) is 13.9. The number of Topliss-reactive ketones (excluding diaryl/α,β-unsaturated/α-hetero) is 1. The summed E-state index contributed by atoms with van der Waals surface area (Å²) in [6.45, 7) is 1.85. The van der Waals surface area contributed by atoms with Gasteiger partial charge in [0.05, 0.1) is 5.69 Å². The van der Waals surface area contributed by atoms with E-state index in [1.165, 1.54) is 10.7 Å². The van der Waals surface area contributed by atoms with Gasteiger partial charge in [-0.05, 0) is 30.7 Å². The van der Waals surface area contributed by atoms with Gasteiger partial charge in [0.1, 0.15) is 23.3 Å². The molecular formula is C19H16FN3O2. The summed E-state index contributed by atoms with van der Waals surface area (Å²) in [4.78, 5) is 12.2. The zero-order valence-corrected chi connectivity index (χ0v) is 13.9. The summed E-state index contributed by atoms with van der Waals surface area (Å²) in [5.41, 5.74) is 4.24. The van der Waals surface area contributed by atoms with Crippen LogP contribution in [0.25, 0.3) is 16.9 Å². The molecule has 0 saturated heterocycles. The third kappa shape index (κ3) is 2.46. The molecule has 0 radical (unpaired) electrons. The number of carbonyl (C=O) groups is 1. The van der Waals surface area contributed by atoms with Crippen LogP contribution in [0.4, 0.5) is 4.39 Å². The molecule has 1 unspecified atom stereocenters. The molecule has 1 aromatic heterocycles. The minimum atomic E-state index is -0.416. The second kappa shape index (κ2) is 5.89. The van der Waals surface area contributed by atoms with Crippen LogP contribution in [0.1, 0.15) is 21.6 Å². The van der Waals surface area contributed by atoms with Gasteiger partial charge in [-0.2, -0.15) is 0 Å². The number of hydrogen-bond donors (Lipinski definition) is 0. The highest BCUT2D eigenvalue weighted by molar-refractivity contribution is 6.04. The maximum atomic E-state index is 14.0. The zero-order chi connectivity index (χ0) is 17.6. The average molecular weight is 337 g/mol. The van der Waals surface area contributed by atoms with E-state index in [0.29, 0.717) is 23.4 Å². The van der Waals surface area contributed by atoms with Crippen LogP contribution in [0.2, 0.25) is 0 Å². The third-order valence-corrected chi connectivity index (χ3v) is 4.60. The molecule has 1 atom stereocenters. The molecule has 0 saturated carbocycles. The minimum Gasteiger partial charge on any atom is -0.373 e. The standard InChI is InChI=1S/C19H16FN3O2/c1-11-18(21-22-23(11)16-6-4-3-5-15(16)20)12-7-8-14-13(9-12)10-17(25-2)19(14)24/h3-9,17H,10H2,1-2H3. The molecule has 0 N–H and O–H groups in total. The third-order valence-electron chi connectivity index (χ3n) is 4.60. The first-order valence-electron chi connectivity index (χ1n) is 7.97. The molecule has 3 aromatic rings. The van der Waals surface area contributed by atoms with Gasteiger partial charge in [-0.1, -0.05) is 29.5 Å². The molecule has 5 nitrogen and oxygen atoms in total. The molecule has 0 amide bonds. The van der Waals surface area contributed by atoms with E-state index in [1.54, 1.807) is 31.4 Å². The van der Waals surface area contributed by atoms with Crippen LogP contribution in [-0.2, 0) is 11.2 Å². The van der Waals surface area contributed by atoms with Gasteiger partial charge < -0.3 is 4.74 Å². The quantitative estimate of drug-likeness (QED) is 0.737. The minimum absolute atomic E-state index is 0.00998. The Labute approximate surface area is 144 Å². The fourth-order valence-electron chi connectivity index (χ4n) is 3.25. The smallest absolute Gasteiger partial charge is 0.192 e. The number of methoxy groups -OCH3 is 1. The van der Waals surface area contributed by atoms with Crippen LogP contribution in [0.15, 0.2) is 42.5 Å². The van der Waals surface area contributed by atoms with Gasteiger partial charge in [0.25, 0.3) is 0 Å². The van der Waals surface area contributed by atoms with Gasteiger partial charge in [0.2, 0.25) is 0 Å². The topological polar surface area (TPSA) is 57.0 Å². The van der Waals surface area contributed by atoms with Crippen molar-refractivity contribution in [3.63, 3.8) is 0 Å². The van der Waals surface area contributed by atoms with E-state index in [-0.39, 0.29) is 11.6 Å². The molecule has 0 aliphatic heterocycles. The molecule has 6 heteroatoms. The molecule has 1 heterocycles. The normalized spacial score (nSPS) is 16.3. The van der Waals surface area contributed by atoms with Gasteiger partial charge in [0.15, 0.2) is 5.78 Å². The van der Waals surface area contributed by atoms with E-state index in [9.17, 15) is 9.18 Å². The number of hydrogen-bond acceptors (Lipinski definition) is 4. The molecule has 0 fully saturated rings. The predicted octanol–water partition coefficient (Wildman–Crippen LogP) is 3.14. The molecule has 2 aromatic carbocycles. The molecule has 0 bridgehead atoms. The highest BCUT2D eigenvalue weighted by atomic mass is 19.1. The van der Waals surface area contributed by atoms with Crippen molar-refractivity contribution in [3.05, 3.63) is 65.1 Å². The van der Waals surface area contributed by atoms with Crippen molar-refractivity contribution in [2.45, 2.75) is 19.4 Å². The van der Waals surface area contributed by atoms with Crippen LogP contribution in [0.3, 0.4) is 0 Å². The summed E-state index contributed by atoms with van der Waals surface area (Å²) in [5.74, 6) is -0.347. The molecule has 126 valence electrons. The number of nitrogens with zero attached hydrogens (tertiary/aromatic N) is 3. The fraction of sp³-hybridized carbons (Fsp3) is 0.211. The molecule has 0 spiro atoms. The maximum absolute atomic E-state index is 14.0. The Bertz CT molecular complexity index is 981. The monoisotopic (exact) mass is 337 g/mol.